The first-order valence-corrected chi connectivity index (χ1v) is 7.44. The molecule has 0 bridgehead atoms. The van der Waals surface area contributed by atoms with Gasteiger partial charge in [-0.2, -0.15) is 0 Å². The molecule has 1 aromatic carbocycles. The number of hydrogen-bond donors (Lipinski definition) is 1. The number of amides is 2. The summed E-state index contributed by atoms with van der Waals surface area (Å²) in [5.41, 5.74) is 4.46. The van der Waals surface area contributed by atoms with E-state index < -0.39 is 23.1 Å². The molecule has 0 radical (unpaired) electrons. The first kappa shape index (κ1) is 17.3. The molecule has 1 saturated heterocycles. The minimum Gasteiger partial charge on any atom is -0.382 e. The van der Waals surface area contributed by atoms with Gasteiger partial charge in [0.05, 0.1) is 6.61 Å². The summed E-state index contributed by atoms with van der Waals surface area (Å²) in [6.45, 7) is 0.430. The fourth-order valence-electron chi connectivity index (χ4n) is 3.08. The zero-order chi connectivity index (χ0) is 17.0. The highest BCUT2D eigenvalue weighted by Gasteiger charge is 2.48. The van der Waals surface area contributed by atoms with Crippen LogP contribution in [0.25, 0.3) is 0 Å². The summed E-state index contributed by atoms with van der Waals surface area (Å²) >= 11 is 0. The molecule has 2 N–H and O–H groups in total. The average Bonchev–Trinajstić information content (AvgIpc) is 2.94. The largest absolute Gasteiger partial charge is 0.382 e. The second-order valence-electron chi connectivity index (χ2n) is 5.69. The van der Waals surface area contributed by atoms with Gasteiger partial charge >= 0.3 is 0 Å². The van der Waals surface area contributed by atoms with E-state index in [4.69, 9.17) is 10.5 Å². The van der Waals surface area contributed by atoms with Crippen LogP contribution in [0.15, 0.2) is 18.2 Å². The number of ether oxygens (including phenoxy) is 1. The molecule has 2 amide bonds. The van der Waals surface area contributed by atoms with Gasteiger partial charge in [0, 0.05) is 20.1 Å². The lowest BCUT2D eigenvalue weighted by Gasteiger charge is -2.35. The lowest BCUT2D eigenvalue weighted by atomic mass is 9.95. The average molecular weight is 326 g/mol. The molecular formula is C16H20F2N2O3. The molecule has 126 valence electrons. The van der Waals surface area contributed by atoms with Crippen molar-refractivity contribution in [3.63, 3.8) is 0 Å². The lowest BCUT2D eigenvalue weighted by molar-refractivity contribution is -0.146. The summed E-state index contributed by atoms with van der Waals surface area (Å²) in [4.78, 5) is 25.7. The van der Waals surface area contributed by atoms with Gasteiger partial charge in [-0.1, -0.05) is 12.1 Å². The molecule has 1 unspecified atom stereocenters. The molecule has 0 aromatic heterocycles. The highest BCUT2D eigenvalue weighted by molar-refractivity contribution is 5.91. The highest BCUT2D eigenvalue weighted by atomic mass is 19.2. The predicted molar refractivity (Wildman–Crippen MR) is 79.4 cm³/mol. The molecule has 1 aromatic rings. The maximum atomic E-state index is 13.6. The van der Waals surface area contributed by atoms with Crippen LogP contribution in [-0.2, 0) is 20.7 Å². The Bertz CT molecular complexity index is 609. The maximum Gasteiger partial charge on any atom is 0.245 e. The first-order chi connectivity index (χ1) is 10.9. The van der Waals surface area contributed by atoms with Gasteiger partial charge in [-0.3, -0.25) is 9.59 Å². The third-order valence-electron chi connectivity index (χ3n) is 4.27. The smallest absolute Gasteiger partial charge is 0.245 e. The summed E-state index contributed by atoms with van der Waals surface area (Å²) in [6, 6.07) is 3.86. The Morgan fingerprint density at radius 1 is 1.39 bits per heavy atom. The number of primary amides is 1. The summed E-state index contributed by atoms with van der Waals surface area (Å²) in [5, 5.41) is 0. The molecular weight excluding hydrogens is 306 g/mol. The topological polar surface area (TPSA) is 72.6 Å². The molecule has 23 heavy (non-hydrogen) atoms. The highest BCUT2D eigenvalue weighted by Crippen LogP contribution is 2.30. The van der Waals surface area contributed by atoms with Crippen molar-refractivity contribution in [3.8, 4) is 0 Å². The van der Waals surface area contributed by atoms with Gasteiger partial charge in [0.1, 0.15) is 5.54 Å². The third kappa shape index (κ3) is 3.34. The van der Waals surface area contributed by atoms with Crippen LogP contribution in [0.4, 0.5) is 8.78 Å². The SMILES string of the molecule is COCC1(C(N)=O)CCCN1C(=O)CCc1cccc(F)c1F. The van der Waals surface area contributed by atoms with Crippen LogP contribution in [0.1, 0.15) is 24.8 Å². The normalized spacial score (nSPS) is 20.7. The van der Waals surface area contributed by atoms with Crippen LogP contribution >= 0.6 is 0 Å². The van der Waals surface area contributed by atoms with Gasteiger partial charge in [0.15, 0.2) is 11.6 Å². The number of halogens is 2. The molecule has 0 spiro atoms. The van der Waals surface area contributed by atoms with Gasteiger partial charge in [0.2, 0.25) is 11.8 Å². The number of likely N-dealkylation sites (tertiary alicyclic amines) is 1. The predicted octanol–water partition coefficient (Wildman–Crippen LogP) is 1.39. The van der Waals surface area contributed by atoms with E-state index in [2.05, 4.69) is 0 Å². The Morgan fingerprint density at radius 2 is 2.13 bits per heavy atom. The Morgan fingerprint density at radius 3 is 2.78 bits per heavy atom. The van der Waals surface area contributed by atoms with Crippen molar-refractivity contribution in [3.05, 3.63) is 35.4 Å². The van der Waals surface area contributed by atoms with E-state index in [0.29, 0.717) is 19.4 Å². The quantitative estimate of drug-likeness (QED) is 0.858. The van der Waals surface area contributed by atoms with Crippen LogP contribution in [-0.4, -0.2) is 42.5 Å². The summed E-state index contributed by atoms with van der Waals surface area (Å²) in [5.74, 6) is -2.81. The van der Waals surface area contributed by atoms with Crippen LogP contribution in [0.5, 0.6) is 0 Å². The van der Waals surface area contributed by atoms with Gasteiger partial charge in [-0.15, -0.1) is 0 Å². The zero-order valence-corrected chi connectivity index (χ0v) is 13.0. The Labute approximate surface area is 133 Å². The van der Waals surface area contributed by atoms with E-state index in [9.17, 15) is 18.4 Å². The van der Waals surface area contributed by atoms with Crippen molar-refractivity contribution in [2.45, 2.75) is 31.2 Å². The van der Waals surface area contributed by atoms with E-state index in [1.54, 1.807) is 0 Å². The molecule has 7 heteroatoms. The molecule has 1 heterocycles. The van der Waals surface area contributed by atoms with Crippen LogP contribution in [0, 0.1) is 11.6 Å². The monoisotopic (exact) mass is 326 g/mol. The van der Waals surface area contributed by atoms with Crippen molar-refractivity contribution in [2.75, 3.05) is 20.3 Å². The number of carbonyl (C=O) groups excluding carboxylic acids is 2. The van der Waals surface area contributed by atoms with E-state index >= 15 is 0 Å². The van der Waals surface area contributed by atoms with Crippen LogP contribution in [0.2, 0.25) is 0 Å². The van der Waals surface area contributed by atoms with E-state index in [-0.39, 0.29) is 30.9 Å². The molecule has 2 rings (SSSR count). The number of nitrogens with two attached hydrogens (primary N) is 1. The number of hydrogen-bond acceptors (Lipinski definition) is 3. The maximum absolute atomic E-state index is 13.6. The van der Waals surface area contributed by atoms with Crippen LogP contribution < -0.4 is 5.73 Å². The van der Waals surface area contributed by atoms with Gasteiger partial charge in [-0.25, -0.2) is 8.78 Å². The van der Waals surface area contributed by atoms with Gasteiger partial charge < -0.3 is 15.4 Å². The summed E-state index contributed by atoms with van der Waals surface area (Å²) in [6.07, 6.45) is 1.11. The van der Waals surface area contributed by atoms with E-state index in [1.807, 2.05) is 0 Å². The minimum absolute atomic E-state index is 0.0287. The van der Waals surface area contributed by atoms with E-state index in [0.717, 1.165) is 6.07 Å². The zero-order valence-electron chi connectivity index (χ0n) is 13.0. The number of aryl methyl sites for hydroxylation is 1. The molecule has 1 aliphatic heterocycles. The van der Waals surface area contributed by atoms with E-state index in [1.165, 1.54) is 24.1 Å². The van der Waals surface area contributed by atoms with Crippen molar-refractivity contribution in [1.82, 2.24) is 4.90 Å². The number of carbonyl (C=O) groups is 2. The Balaban J connectivity index is 2.10. The number of methoxy groups -OCH3 is 1. The standard InChI is InChI=1S/C16H20F2N2O3/c1-23-10-16(15(19)22)8-3-9-20(16)13(21)7-6-11-4-2-5-12(17)14(11)18/h2,4-5H,3,6-10H2,1H3,(H2,19,22). The number of nitrogens with zero attached hydrogens (tertiary/aromatic N) is 1. The minimum atomic E-state index is -1.15. The van der Waals surface area contributed by atoms with Crippen molar-refractivity contribution < 1.29 is 23.1 Å². The summed E-state index contributed by atoms with van der Waals surface area (Å²) in [7, 11) is 1.44. The van der Waals surface area contributed by atoms with Crippen LogP contribution in [0.3, 0.4) is 0 Å². The second-order valence-corrected chi connectivity index (χ2v) is 5.69. The number of rotatable bonds is 6. The van der Waals surface area contributed by atoms with Crippen molar-refractivity contribution in [1.29, 1.82) is 0 Å². The fourth-order valence-corrected chi connectivity index (χ4v) is 3.08. The van der Waals surface area contributed by atoms with Crippen molar-refractivity contribution >= 4 is 11.8 Å². The molecule has 5 nitrogen and oxygen atoms in total. The molecule has 1 aliphatic rings. The fraction of sp³-hybridized carbons (Fsp3) is 0.500. The molecule has 1 fully saturated rings. The number of benzene rings is 1. The first-order valence-electron chi connectivity index (χ1n) is 7.44. The third-order valence-corrected chi connectivity index (χ3v) is 4.27. The molecule has 0 saturated carbocycles. The summed E-state index contributed by atoms with van der Waals surface area (Å²) < 4.78 is 31.9. The Kier molecular flexibility index (Phi) is 5.30. The molecule has 0 aliphatic carbocycles. The van der Waals surface area contributed by atoms with Gasteiger partial charge in [-0.05, 0) is 30.9 Å². The molecule has 1 atom stereocenters. The second kappa shape index (κ2) is 7.04. The Hall–Kier alpha value is -2.02. The van der Waals surface area contributed by atoms with Gasteiger partial charge in [0.25, 0.3) is 0 Å². The lowest BCUT2D eigenvalue weighted by Crippen LogP contribution is -2.58. The van der Waals surface area contributed by atoms with Crippen molar-refractivity contribution in [2.24, 2.45) is 5.73 Å².